The van der Waals surface area contributed by atoms with Crippen LogP contribution in [-0.4, -0.2) is 41.8 Å². The molecule has 0 saturated carbocycles. The quantitative estimate of drug-likeness (QED) is 0.379. The van der Waals surface area contributed by atoms with Crippen LogP contribution in [0.1, 0.15) is 53.6 Å². The molecule has 4 rings (SSSR count). The van der Waals surface area contributed by atoms with Crippen molar-refractivity contribution < 1.29 is 19.1 Å². The molecule has 0 spiro atoms. The van der Waals surface area contributed by atoms with Crippen molar-refractivity contribution in [2.24, 2.45) is 5.73 Å². The first-order valence-corrected chi connectivity index (χ1v) is 11.5. The van der Waals surface area contributed by atoms with Crippen molar-refractivity contribution in [1.82, 2.24) is 10.2 Å². The van der Waals surface area contributed by atoms with E-state index in [0.717, 1.165) is 41.8 Å². The molecule has 8 heteroatoms. The second kappa shape index (κ2) is 10.5. The summed E-state index contributed by atoms with van der Waals surface area (Å²) >= 11 is 0. The third kappa shape index (κ3) is 5.34. The smallest absolute Gasteiger partial charge is 0.255 e. The monoisotopic (exact) mass is 450 g/mol. The number of anilines is 1. The van der Waals surface area contributed by atoms with Crippen molar-refractivity contribution in [3.05, 3.63) is 59.2 Å². The van der Waals surface area contributed by atoms with Gasteiger partial charge < -0.3 is 20.7 Å². The number of piperidine rings is 1. The van der Waals surface area contributed by atoms with E-state index in [1.807, 2.05) is 36.4 Å². The number of nitrogens with zero attached hydrogens (tertiary/aromatic N) is 1. The number of fused-ring (bicyclic) bond motifs is 1. The van der Waals surface area contributed by atoms with Crippen LogP contribution in [0.4, 0.5) is 5.69 Å². The molecule has 4 N–H and O–H groups in total. The van der Waals surface area contributed by atoms with Gasteiger partial charge in [0.1, 0.15) is 11.8 Å². The summed E-state index contributed by atoms with van der Waals surface area (Å²) in [6, 6.07) is 12.9. The van der Waals surface area contributed by atoms with Crippen LogP contribution in [0.25, 0.3) is 0 Å². The van der Waals surface area contributed by atoms with Crippen molar-refractivity contribution in [3.63, 3.8) is 0 Å². The largest absolute Gasteiger partial charge is 0.494 e. The zero-order valence-electron chi connectivity index (χ0n) is 18.6. The summed E-state index contributed by atoms with van der Waals surface area (Å²) in [5.74, 6) is -0.00391. The van der Waals surface area contributed by atoms with Crippen molar-refractivity contribution >= 4 is 23.4 Å². The van der Waals surface area contributed by atoms with Crippen LogP contribution in [-0.2, 0) is 22.7 Å². The van der Waals surface area contributed by atoms with E-state index in [1.54, 1.807) is 11.0 Å². The van der Waals surface area contributed by atoms with Gasteiger partial charge in [0.2, 0.25) is 11.8 Å². The van der Waals surface area contributed by atoms with Crippen LogP contribution in [0.5, 0.6) is 5.75 Å². The second-order valence-electron chi connectivity index (χ2n) is 8.42. The Balaban J connectivity index is 1.35. The molecule has 174 valence electrons. The summed E-state index contributed by atoms with van der Waals surface area (Å²) in [5.41, 5.74) is 9.02. The Labute approximate surface area is 193 Å². The van der Waals surface area contributed by atoms with E-state index in [4.69, 9.17) is 10.5 Å². The molecule has 1 saturated heterocycles. The molecule has 0 aliphatic carbocycles. The van der Waals surface area contributed by atoms with Crippen LogP contribution in [0, 0.1) is 0 Å². The molecule has 2 aliphatic heterocycles. The van der Waals surface area contributed by atoms with E-state index in [-0.39, 0.29) is 18.2 Å². The van der Waals surface area contributed by atoms with E-state index in [2.05, 4.69) is 10.6 Å². The minimum atomic E-state index is -0.605. The summed E-state index contributed by atoms with van der Waals surface area (Å²) < 4.78 is 5.76. The van der Waals surface area contributed by atoms with Gasteiger partial charge in [-0.05, 0) is 73.7 Å². The lowest BCUT2D eigenvalue weighted by Crippen LogP contribution is -2.52. The van der Waals surface area contributed by atoms with Crippen molar-refractivity contribution in [2.45, 2.75) is 51.2 Å². The normalized spacial score (nSPS) is 17.7. The Morgan fingerprint density at radius 1 is 1.06 bits per heavy atom. The van der Waals surface area contributed by atoms with E-state index in [0.29, 0.717) is 38.2 Å². The molecule has 2 aromatic carbocycles. The summed E-state index contributed by atoms with van der Waals surface area (Å²) in [5, 5.41) is 5.74. The maximum atomic E-state index is 13.0. The Morgan fingerprint density at radius 3 is 2.64 bits per heavy atom. The fourth-order valence-electron chi connectivity index (χ4n) is 4.29. The van der Waals surface area contributed by atoms with Crippen molar-refractivity contribution in [3.8, 4) is 5.75 Å². The number of hydrogen-bond acceptors (Lipinski definition) is 6. The molecule has 8 nitrogen and oxygen atoms in total. The van der Waals surface area contributed by atoms with Gasteiger partial charge in [-0.1, -0.05) is 12.1 Å². The lowest BCUT2D eigenvalue weighted by atomic mass is 10.0. The summed E-state index contributed by atoms with van der Waals surface area (Å²) in [7, 11) is 0. The Morgan fingerprint density at radius 2 is 1.88 bits per heavy atom. The average molecular weight is 451 g/mol. The molecule has 0 aromatic heterocycles. The number of benzene rings is 2. The first-order valence-electron chi connectivity index (χ1n) is 11.5. The molecule has 33 heavy (non-hydrogen) atoms. The number of nitrogens with two attached hydrogens (primary N) is 1. The van der Waals surface area contributed by atoms with Gasteiger partial charge in [-0.3, -0.25) is 19.7 Å². The number of amides is 3. The summed E-state index contributed by atoms with van der Waals surface area (Å²) in [4.78, 5) is 38.3. The Kier molecular flexibility index (Phi) is 7.24. The van der Waals surface area contributed by atoms with E-state index in [1.165, 1.54) is 0 Å². The van der Waals surface area contributed by atoms with Gasteiger partial charge in [0.05, 0.1) is 6.61 Å². The number of unbranched alkanes of at least 4 members (excludes halogenated alkanes) is 2. The van der Waals surface area contributed by atoms with E-state index in [9.17, 15) is 14.4 Å². The van der Waals surface area contributed by atoms with E-state index >= 15 is 0 Å². The number of ether oxygens (including phenoxy) is 1. The highest BCUT2D eigenvalue weighted by Gasteiger charge is 2.39. The standard InChI is InChI=1S/C25H30N4O4/c26-13-2-1-3-14-33-19-9-7-18(8-10-19)27-15-17-5-4-6-20-21(17)16-29(25(20)32)22-11-12-23(30)28-24(22)31/h4-10,22,27H,1-3,11-16,26H2,(H,28,30,31). The molecule has 1 unspecified atom stereocenters. The third-order valence-electron chi connectivity index (χ3n) is 6.13. The molecule has 0 bridgehead atoms. The molecular formula is C25H30N4O4. The second-order valence-corrected chi connectivity index (χ2v) is 8.42. The summed E-state index contributed by atoms with van der Waals surface area (Å²) in [6.07, 6.45) is 3.69. The van der Waals surface area contributed by atoms with Gasteiger partial charge in [-0.25, -0.2) is 0 Å². The highest BCUT2D eigenvalue weighted by molar-refractivity contribution is 6.05. The van der Waals surface area contributed by atoms with E-state index < -0.39 is 11.9 Å². The average Bonchev–Trinajstić information content (AvgIpc) is 3.15. The van der Waals surface area contributed by atoms with Gasteiger partial charge in [-0.2, -0.15) is 0 Å². The number of hydrogen-bond donors (Lipinski definition) is 3. The maximum Gasteiger partial charge on any atom is 0.255 e. The number of nitrogens with one attached hydrogen (secondary N) is 2. The Hall–Kier alpha value is -3.39. The Bertz CT molecular complexity index is 1020. The van der Waals surface area contributed by atoms with Gasteiger partial charge in [0, 0.05) is 30.8 Å². The molecule has 2 aliphatic rings. The molecule has 2 heterocycles. The van der Waals surface area contributed by atoms with Crippen LogP contribution < -0.4 is 21.1 Å². The van der Waals surface area contributed by atoms with Crippen LogP contribution in [0.15, 0.2) is 42.5 Å². The SMILES string of the molecule is NCCCCCOc1ccc(NCc2cccc3c2CN(C2CCC(=O)NC2=O)C3=O)cc1. The highest BCUT2D eigenvalue weighted by Crippen LogP contribution is 2.30. The number of carbonyl (C=O) groups excluding carboxylic acids is 3. The lowest BCUT2D eigenvalue weighted by Gasteiger charge is -2.29. The zero-order chi connectivity index (χ0) is 23.2. The van der Waals surface area contributed by atoms with Crippen molar-refractivity contribution in [1.29, 1.82) is 0 Å². The van der Waals surface area contributed by atoms with Crippen LogP contribution in [0.2, 0.25) is 0 Å². The van der Waals surface area contributed by atoms with Crippen LogP contribution >= 0.6 is 0 Å². The number of carbonyl (C=O) groups is 3. The van der Waals surface area contributed by atoms with Crippen LogP contribution in [0.3, 0.4) is 0 Å². The third-order valence-corrected chi connectivity index (χ3v) is 6.13. The predicted molar refractivity (Wildman–Crippen MR) is 125 cm³/mol. The fraction of sp³-hybridized carbons (Fsp3) is 0.400. The molecule has 3 amide bonds. The number of imide groups is 1. The minimum absolute atomic E-state index is 0.158. The van der Waals surface area contributed by atoms with Gasteiger partial charge in [-0.15, -0.1) is 0 Å². The van der Waals surface area contributed by atoms with Gasteiger partial charge in [0.25, 0.3) is 5.91 Å². The van der Waals surface area contributed by atoms with Gasteiger partial charge in [0.15, 0.2) is 0 Å². The molecule has 0 radical (unpaired) electrons. The first-order chi connectivity index (χ1) is 16.1. The first kappa shape index (κ1) is 22.8. The lowest BCUT2D eigenvalue weighted by molar-refractivity contribution is -0.136. The van der Waals surface area contributed by atoms with Gasteiger partial charge >= 0.3 is 0 Å². The molecular weight excluding hydrogens is 420 g/mol. The predicted octanol–water partition coefficient (Wildman–Crippen LogP) is 2.57. The summed E-state index contributed by atoms with van der Waals surface area (Å²) in [6.45, 7) is 2.32. The maximum absolute atomic E-state index is 13.0. The molecule has 1 atom stereocenters. The number of rotatable bonds is 10. The zero-order valence-corrected chi connectivity index (χ0v) is 18.6. The molecule has 2 aromatic rings. The highest BCUT2D eigenvalue weighted by atomic mass is 16.5. The topological polar surface area (TPSA) is 114 Å². The molecule has 1 fully saturated rings. The minimum Gasteiger partial charge on any atom is -0.494 e. The van der Waals surface area contributed by atoms with Crippen molar-refractivity contribution in [2.75, 3.05) is 18.5 Å². The fourth-order valence-corrected chi connectivity index (χ4v) is 4.29.